The zero-order chi connectivity index (χ0) is 9.68. The SMILES string of the molecule is Cc1[nH]ncc1F.Cc1ccn[nH]1. The second kappa shape index (κ2) is 4.39. The third-order valence-electron chi connectivity index (χ3n) is 1.41. The maximum absolute atomic E-state index is 12.0. The van der Waals surface area contributed by atoms with Crippen LogP contribution < -0.4 is 0 Å². The molecule has 2 rings (SSSR count). The number of aromatic nitrogens is 4. The van der Waals surface area contributed by atoms with Gasteiger partial charge in [-0.05, 0) is 19.9 Å². The smallest absolute Gasteiger partial charge is 0.163 e. The molecule has 0 atom stereocenters. The molecule has 2 aromatic heterocycles. The molecule has 0 aliphatic rings. The fraction of sp³-hybridized carbons (Fsp3) is 0.250. The van der Waals surface area contributed by atoms with Gasteiger partial charge in [-0.15, -0.1) is 0 Å². The fourth-order valence-corrected chi connectivity index (χ4v) is 0.661. The predicted molar refractivity (Wildman–Crippen MR) is 46.6 cm³/mol. The van der Waals surface area contributed by atoms with Crippen LogP contribution in [0.3, 0.4) is 0 Å². The fourth-order valence-electron chi connectivity index (χ4n) is 0.661. The molecule has 0 radical (unpaired) electrons. The molecule has 5 heteroatoms. The predicted octanol–water partition coefficient (Wildman–Crippen LogP) is 1.58. The van der Waals surface area contributed by atoms with Gasteiger partial charge in [-0.3, -0.25) is 10.2 Å². The summed E-state index contributed by atoms with van der Waals surface area (Å²) in [5.41, 5.74) is 1.59. The van der Waals surface area contributed by atoms with E-state index in [1.54, 1.807) is 13.1 Å². The highest BCUT2D eigenvalue weighted by Crippen LogP contribution is 1.95. The molecule has 0 saturated heterocycles. The minimum absolute atomic E-state index is 0.278. The van der Waals surface area contributed by atoms with Crippen LogP contribution in [0.1, 0.15) is 11.4 Å². The highest BCUT2D eigenvalue weighted by Gasteiger charge is 1.92. The largest absolute Gasteiger partial charge is 0.283 e. The summed E-state index contributed by atoms with van der Waals surface area (Å²) in [6.07, 6.45) is 2.88. The topological polar surface area (TPSA) is 57.4 Å². The summed E-state index contributed by atoms with van der Waals surface area (Å²) in [5.74, 6) is -0.278. The summed E-state index contributed by atoms with van der Waals surface area (Å²) >= 11 is 0. The zero-order valence-electron chi connectivity index (χ0n) is 7.50. The maximum Gasteiger partial charge on any atom is 0.163 e. The van der Waals surface area contributed by atoms with E-state index in [1.165, 1.54) is 0 Å². The summed E-state index contributed by atoms with van der Waals surface area (Å²) in [6, 6.07) is 1.92. The van der Waals surface area contributed by atoms with Crippen molar-refractivity contribution in [1.29, 1.82) is 0 Å². The second-order valence-corrected chi connectivity index (χ2v) is 2.58. The summed E-state index contributed by atoms with van der Waals surface area (Å²) in [6.45, 7) is 3.59. The van der Waals surface area contributed by atoms with Crippen molar-refractivity contribution in [2.24, 2.45) is 0 Å². The van der Waals surface area contributed by atoms with Crippen LogP contribution in [0.5, 0.6) is 0 Å². The molecule has 0 spiro atoms. The Labute approximate surface area is 75.2 Å². The van der Waals surface area contributed by atoms with Crippen molar-refractivity contribution in [3.8, 4) is 0 Å². The average molecular weight is 182 g/mol. The third kappa shape index (κ3) is 3.06. The van der Waals surface area contributed by atoms with E-state index in [0.717, 1.165) is 11.9 Å². The lowest BCUT2D eigenvalue weighted by atomic mass is 10.5. The Kier molecular flexibility index (Phi) is 3.19. The van der Waals surface area contributed by atoms with E-state index >= 15 is 0 Å². The minimum Gasteiger partial charge on any atom is -0.283 e. The summed E-state index contributed by atoms with van der Waals surface area (Å²) in [7, 11) is 0. The number of rotatable bonds is 0. The molecule has 2 N–H and O–H groups in total. The normalized spacial score (nSPS) is 9.15. The Hall–Kier alpha value is -1.65. The highest BCUT2D eigenvalue weighted by atomic mass is 19.1. The minimum atomic E-state index is -0.278. The van der Waals surface area contributed by atoms with Gasteiger partial charge in [-0.2, -0.15) is 10.2 Å². The first kappa shape index (κ1) is 9.44. The van der Waals surface area contributed by atoms with Crippen molar-refractivity contribution in [2.45, 2.75) is 13.8 Å². The van der Waals surface area contributed by atoms with Crippen molar-refractivity contribution < 1.29 is 4.39 Å². The number of aromatic amines is 2. The van der Waals surface area contributed by atoms with Gasteiger partial charge in [0.05, 0.1) is 11.9 Å². The van der Waals surface area contributed by atoms with Crippen molar-refractivity contribution in [2.75, 3.05) is 0 Å². The van der Waals surface area contributed by atoms with Crippen molar-refractivity contribution in [1.82, 2.24) is 20.4 Å². The lowest BCUT2D eigenvalue weighted by Crippen LogP contribution is -1.71. The summed E-state index contributed by atoms with van der Waals surface area (Å²) < 4.78 is 12.0. The maximum atomic E-state index is 12.0. The summed E-state index contributed by atoms with van der Waals surface area (Å²) in [5, 5.41) is 12.3. The molecule has 13 heavy (non-hydrogen) atoms. The molecule has 2 aromatic rings. The molecule has 70 valence electrons. The van der Waals surface area contributed by atoms with Crippen LogP contribution in [0.2, 0.25) is 0 Å². The molecule has 4 nitrogen and oxygen atoms in total. The molecular formula is C8H11FN4. The van der Waals surface area contributed by atoms with Gasteiger partial charge < -0.3 is 0 Å². The lowest BCUT2D eigenvalue weighted by Gasteiger charge is -1.74. The number of hydrogen-bond donors (Lipinski definition) is 2. The molecule has 0 aliphatic heterocycles. The van der Waals surface area contributed by atoms with Crippen LogP contribution in [0.4, 0.5) is 4.39 Å². The van der Waals surface area contributed by atoms with E-state index in [-0.39, 0.29) is 5.82 Å². The number of hydrogen-bond acceptors (Lipinski definition) is 2. The van der Waals surface area contributed by atoms with E-state index in [1.807, 2.05) is 13.0 Å². The Morgan fingerprint density at radius 1 is 1.23 bits per heavy atom. The van der Waals surface area contributed by atoms with Gasteiger partial charge in [0, 0.05) is 11.9 Å². The van der Waals surface area contributed by atoms with Crippen LogP contribution in [-0.4, -0.2) is 20.4 Å². The van der Waals surface area contributed by atoms with Gasteiger partial charge in [-0.1, -0.05) is 0 Å². The Morgan fingerprint density at radius 2 is 2.00 bits per heavy atom. The van der Waals surface area contributed by atoms with Crippen molar-refractivity contribution in [3.05, 3.63) is 35.7 Å². The molecule has 0 aliphatic carbocycles. The molecule has 2 heterocycles. The first-order chi connectivity index (χ1) is 6.20. The average Bonchev–Trinajstić information content (AvgIpc) is 2.67. The first-order valence-electron chi connectivity index (χ1n) is 3.81. The van der Waals surface area contributed by atoms with E-state index in [2.05, 4.69) is 20.4 Å². The molecule has 0 aromatic carbocycles. The van der Waals surface area contributed by atoms with Crippen LogP contribution >= 0.6 is 0 Å². The quantitative estimate of drug-likeness (QED) is 0.649. The van der Waals surface area contributed by atoms with Gasteiger partial charge in [0.1, 0.15) is 0 Å². The van der Waals surface area contributed by atoms with Gasteiger partial charge in [0.15, 0.2) is 5.82 Å². The Morgan fingerprint density at radius 3 is 2.15 bits per heavy atom. The Bertz CT molecular complexity index is 322. The van der Waals surface area contributed by atoms with Crippen molar-refractivity contribution >= 4 is 0 Å². The van der Waals surface area contributed by atoms with E-state index in [4.69, 9.17) is 0 Å². The van der Waals surface area contributed by atoms with Crippen LogP contribution in [0.25, 0.3) is 0 Å². The summed E-state index contributed by atoms with van der Waals surface area (Å²) in [4.78, 5) is 0. The number of nitrogens with one attached hydrogen (secondary N) is 2. The molecular weight excluding hydrogens is 171 g/mol. The van der Waals surface area contributed by atoms with Gasteiger partial charge in [0.25, 0.3) is 0 Å². The number of aryl methyl sites for hydroxylation is 2. The number of halogens is 1. The molecule has 0 bridgehead atoms. The van der Waals surface area contributed by atoms with Crippen LogP contribution in [-0.2, 0) is 0 Å². The van der Waals surface area contributed by atoms with Gasteiger partial charge in [-0.25, -0.2) is 4.39 Å². The van der Waals surface area contributed by atoms with Crippen LogP contribution in [0, 0.1) is 19.7 Å². The third-order valence-corrected chi connectivity index (χ3v) is 1.41. The van der Waals surface area contributed by atoms with E-state index in [9.17, 15) is 4.39 Å². The van der Waals surface area contributed by atoms with Gasteiger partial charge >= 0.3 is 0 Å². The van der Waals surface area contributed by atoms with E-state index in [0.29, 0.717) is 5.69 Å². The number of H-pyrrole nitrogens is 2. The molecule has 0 saturated carbocycles. The van der Waals surface area contributed by atoms with Crippen LogP contribution in [0.15, 0.2) is 18.5 Å². The molecule has 0 unspecified atom stereocenters. The number of nitrogens with zero attached hydrogens (tertiary/aromatic N) is 2. The molecule has 0 fully saturated rings. The van der Waals surface area contributed by atoms with E-state index < -0.39 is 0 Å². The van der Waals surface area contributed by atoms with Gasteiger partial charge in [0.2, 0.25) is 0 Å². The standard InChI is InChI=1S/C4H5FN2.C4H6N2/c1-3-4(5)2-6-7-3;1-4-2-3-5-6-4/h2H,1H3,(H,6,7);2-3H,1H3,(H,5,6). The Balaban J connectivity index is 0.000000132. The molecule has 0 amide bonds. The monoisotopic (exact) mass is 182 g/mol. The first-order valence-corrected chi connectivity index (χ1v) is 3.81. The highest BCUT2D eigenvalue weighted by molar-refractivity contribution is 4.97. The van der Waals surface area contributed by atoms with Crippen molar-refractivity contribution in [3.63, 3.8) is 0 Å². The zero-order valence-corrected chi connectivity index (χ0v) is 7.50. The second-order valence-electron chi connectivity index (χ2n) is 2.58. The lowest BCUT2D eigenvalue weighted by molar-refractivity contribution is 0.619.